The highest BCUT2D eigenvalue weighted by Gasteiger charge is 2.22. The summed E-state index contributed by atoms with van der Waals surface area (Å²) in [5.74, 6) is 1.14. The highest BCUT2D eigenvalue weighted by Crippen LogP contribution is 2.31. The predicted molar refractivity (Wildman–Crippen MR) is 98.0 cm³/mol. The van der Waals surface area contributed by atoms with Gasteiger partial charge in [-0.15, -0.1) is 0 Å². The molecule has 2 aromatic rings. The van der Waals surface area contributed by atoms with Crippen molar-refractivity contribution in [3.05, 3.63) is 48.0 Å². The average Bonchev–Trinajstić information content (AvgIpc) is 2.94. The van der Waals surface area contributed by atoms with E-state index in [4.69, 9.17) is 9.47 Å². The highest BCUT2D eigenvalue weighted by atomic mass is 16.5. The molecule has 2 aliphatic rings. The summed E-state index contributed by atoms with van der Waals surface area (Å²) in [5.41, 5.74) is 1.96. The van der Waals surface area contributed by atoms with Crippen molar-refractivity contribution in [2.75, 3.05) is 30.0 Å². The van der Waals surface area contributed by atoms with Gasteiger partial charge in [0.05, 0.1) is 13.2 Å². The number of anilines is 2. The third-order valence-electron chi connectivity index (χ3n) is 4.50. The molecular formula is C20H20N2O4. The first-order valence-electron chi connectivity index (χ1n) is 8.82. The molecule has 26 heavy (non-hydrogen) atoms. The molecule has 134 valence electrons. The fourth-order valence-electron chi connectivity index (χ4n) is 3.18. The van der Waals surface area contributed by atoms with E-state index in [0.29, 0.717) is 42.4 Å². The van der Waals surface area contributed by atoms with Crippen LogP contribution in [0.25, 0.3) is 0 Å². The molecule has 1 saturated heterocycles. The number of hydrogen-bond donors (Lipinski definition) is 1. The summed E-state index contributed by atoms with van der Waals surface area (Å²) in [7, 11) is 0. The molecule has 0 spiro atoms. The normalized spacial score (nSPS) is 16.3. The fraction of sp³-hybridized carbons (Fsp3) is 0.300. The first-order chi connectivity index (χ1) is 12.7. The van der Waals surface area contributed by atoms with Crippen LogP contribution in [0.3, 0.4) is 0 Å². The van der Waals surface area contributed by atoms with Crippen LogP contribution in [0.4, 0.5) is 11.4 Å². The van der Waals surface area contributed by atoms with E-state index in [0.717, 1.165) is 25.1 Å². The lowest BCUT2D eigenvalue weighted by Gasteiger charge is -2.17. The molecule has 0 aliphatic carbocycles. The van der Waals surface area contributed by atoms with Gasteiger partial charge < -0.3 is 19.7 Å². The Morgan fingerprint density at radius 1 is 1.00 bits per heavy atom. The maximum atomic E-state index is 12.6. The fourth-order valence-corrected chi connectivity index (χ4v) is 3.18. The molecule has 6 nitrogen and oxygen atoms in total. The van der Waals surface area contributed by atoms with E-state index in [1.807, 2.05) is 24.3 Å². The number of nitrogens with zero attached hydrogens (tertiary/aromatic N) is 1. The molecule has 0 saturated carbocycles. The summed E-state index contributed by atoms with van der Waals surface area (Å²) in [4.78, 5) is 26.3. The molecular weight excluding hydrogens is 332 g/mol. The summed E-state index contributed by atoms with van der Waals surface area (Å²) in [6.07, 6.45) is 2.26. The zero-order valence-corrected chi connectivity index (χ0v) is 14.4. The molecule has 0 atom stereocenters. The minimum atomic E-state index is -0.231. The van der Waals surface area contributed by atoms with Gasteiger partial charge in [-0.1, -0.05) is 6.07 Å². The molecule has 2 aromatic carbocycles. The van der Waals surface area contributed by atoms with Gasteiger partial charge in [-0.2, -0.15) is 0 Å². The number of carbonyl (C=O) groups is 2. The van der Waals surface area contributed by atoms with Crippen LogP contribution in [0.5, 0.6) is 11.5 Å². The topological polar surface area (TPSA) is 67.9 Å². The predicted octanol–water partition coefficient (Wildman–Crippen LogP) is 3.23. The third kappa shape index (κ3) is 3.35. The summed E-state index contributed by atoms with van der Waals surface area (Å²) < 4.78 is 11.2. The van der Waals surface area contributed by atoms with Crippen LogP contribution in [0.2, 0.25) is 0 Å². The SMILES string of the molecule is O=C(Nc1cccc(N2CCCC2=O)c1)c1ccc2c(c1)OCCCO2. The van der Waals surface area contributed by atoms with Gasteiger partial charge in [0, 0.05) is 36.3 Å². The van der Waals surface area contributed by atoms with Crippen molar-refractivity contribution >= 4 is 23.2 Å². The Balaban J connectivity index is 1.51. The van der Waals surface area contributed by atoms with E-state index in [9.17, 15) is 9.59 Å². The van der Waals surface area contributed by atoms with Gasteiger partial charge in [0.2, 0.25) is 5.91 Å². The molecule has 1 N–H and O–H groups in total. The van der Waals surface area contributed by atoms with E-state index in [2.05, 4.69) is 5.32 Å². The molecule has 6 heteroatoms. The van der Waals surface area contributed by atoms with Crippen LogP contribution in [0.1, 0.15) is 29.6 Å². The molecule has 4 rings (SSSR count). The van der Waals surface area contributed by atoms with Gasteiger partial charge in [-0.25, -0.2) is 0 Å². The van der Waals surface area contributed by atoms with Crippen molar-refractivity contribution in [1.82, 2.24) is 0 Å². The van der Waals surface area contributed by atoms with Gasteiger partial charge in [-0.3, -0.25) is 9.59 Å². The van der Waals surface area contributed by atoms with Gasteiger partial charge in [-0.05, 0) is 42.8 Å². The number of hydrogen-bond acceptors (Lipinski definition) is 4. The zero-order chi connectivity index (χ0) is 17.9. The van der Waals surface area contributed by atoms with E-state index in [1.165, 1.54) is 0 Å². The Kier molecular flexibility index (Phi) is 4.48. The summed E-state index contributed by atoms with van der Waals surface area (Å²) in [6, 6.07) is 12.5. The number of carbonyl (C=O) groups excluding carboxylic acids is 2. The maximum absolute atomic E-state index is 12.6. The van der Waals surface area contributed by atoms with Gasteiger partial charge in [0.1, 0.15) is 0 Å². The standard InChI is InChI=1S/C20H20N2O4/c23-19-6-2-9-22(19)16-5-1-4-15(13-16)21-20(24)14-7-8-17-18(12-14)26-11-3-10-25-17/h1,4-5,7-8,12-13H,2-3,6,9-11H2,(H,21,24). The van der Waals surface area contributed by atoms with Crippen LogP contribution in [0.15, 0.2) is 42.5 Å². The maximum Gasteiger partial charge on any atom is 0.255 e. The van der Waals surface area contributed by atoms with Crippen molar-refractivity contribution in [3.8, 4) is 11.5 Å². The van der Waals surface area contributed by atoms with Gasteiger partial charge in [0.15, 0.2) is 11.5 Å². The van der Waals surface area contributed by atoms with Crippen molar-refractivity contribution in [3.63, 3.8) is 0 Å². The van der Waals surface area contributed by atoms with Crippen molar-refractivity contribution in [1.29, 1.82) is 0 Å². The molecule has 2 heterocycles. The molecule has 2 aliphatic heterocycles. The highest BCUT2D eigenvalue weighted by molar-refractivity contribution is 6.05. The number of benzene rings is 2. The van der Waals surface area contributed by atoms with Crippen molar-refractivity contribution in [2.24, 2.45) is 0 Å². The zero-order valence-electron chi connectivity index (χ0n) is 14.4. The Hall–Kier alpha value is -3.02. The Morgan fingerprint density at radius 2 is 1.85 bits per heavy atom. The molecule has 0 unspecified atom stereocenters. The number of nitrogens with one attached hydrogen (secondary N) is 1. The van der Waals surface area contributed by atoms with Crippen LogP contribution < -0.4 is 19.7 Å². The Morgan fingerprint density at radius 3 is 2.65 bits per heavy atom. The first kappa shape index (κ1) is 16.4. The lowest BCUT2D eigenvalue weighted by atomic mass is 10.1. The minimum Gasteiger partial charge on any atom is -0.490 e. The molecule has 0 aromatic heterocycles. The number of rotatable bonds is 3. The second-order valence-corrected chi connectivity index (χ2v) is 6.37. The monoisotopic (exact) mass is 352 g/mol. The largest absolute Gasteiger partial charge is 0.490 e. The van der Waals surface area contributed by atoms with Gasteiger partial charge in [0.25, 0.3) is 5.91 Å². The van der Waals surface area contributed by atoms with Crippen molar-refractivity contribution < 1.29 is 19.1 Å². The molecule has 0 bridgehead atoms. The molecule has 1 fully saturated rings. The second kappa shape index (κ2) is 7.07. The van der Waals surface area contributed by atoms with Crippen LogP contribution in [-0.2, 0) is 4.79 Å². The molecule has 2 amide bonds. The number of fused-ring (bicyclic) bond motifs is 1. The minimum absolute atomic E-state index is 0.122. The first-order valence-corrected chi connectivity index (χ1v) is 8.82. The average molecular weight is 352 g/mol. The van der Waals surface area contributed by atoms with Crippen LogP contribution in [0, 0.1) is 0 Å². The van der Waals surface area contributed by atoms with Crippen molar-refractivity contribution in [2.45, 2.75) is 19.3 Å². The van der Waals surface area contributed by atoms with Crippen LogP contribution in [-0.4, -0.2) is 31.6 Å². The Labute approximate surface area is 151 Å². The van der Waals surface area contributed by atoms with E-state index >= 15 is 0 Å². The van der Waals surface area contributed by atoms with Crippen LogP contribution >= 0.6 is 0 Å². The summed E-state index contributed by atoms with van der Waals surface area (Å²) in [5, 5.41) is 2.89. The van der Waals surface area contributed by atoms with E-state index < -0.39 is 0 Å². The second-order valence-electron chi connectivity index (χ2n) is 6.37. The molecule has 0 radical (unpaired) electrons. The number of amides is 2. The lowest BCUT2D eigenvalue weighted by molar-refractivity contribution is -0.117. The smallest absolute Gasteiger partial charge is 0.255 e. The third-order valence-corrected chi connectivity index (χ3v) is 4.50. The summed E-state index contributed by atoms with van der Waals surface area (Å²) in [6.45, 7) is 1.91. The summed E-state index contributed by atoms with van der Waals surface area (Å²) >= 11 is 0. The van der Waals surface area contributed by atoms with Gasteiger partial charge >= 0.3 is 0 Å². The van der Waals surface area contributed by atoms with E-state index in [-0.39, 0.29) is 11.8 Å². The lowest BCUT2D eigenvalue weighted by Crippen LogP contribution is -2.23. The number of ether oxygens (including phenoxy) is 2. The van der Waals surface area contributed by atoms with E-state index in [1.54, 1.807) is 23.1 Å². The quantitative estimate of drug-likeness (QED) is 0.921. The Bertz CT molecular complexity index is 849.